The highest BCUT2D eigenvalue weighted by molar-refractivity contribution is 7.97. The van der Waals surface area contributed by atoms with Crippen LogP contribution in [0.25, 0.3) is 44.8 Å². The molecule has 2 heterocycles. The third-order valence-electron chi connectivity index (χ3n) is 5.94. The predicted molar refractivity (Wildman–Crippen MR) is 155 cm³/mol. The monoisotopic (exact) mass is 686 g/mol. The highest BCUT2D eigenvalue weighted by Gasteiger charge is 2.28. The molecular weight excluding hydrogens is 665 g/mol. The summed E-state index contributed by atoms with van der Waals surface area (Å²) >= 11 is 1.74. The Hall–Kier alpha value is -3.12. The summed E-state index contributed by atoms with van der Waals surface area (Å²) in [4.78, 5) is 24.3. The zero-order valence-electron chi connectivity index (χ0n) is 23.0. The molecule has 44 heavy (non-hydrogen) atoms. The molecule has 0 spiro atoms. The van der Waals surface area contributed by atoms with Crippen LogP contribution in [0.15, 0.2) is 68.1 Å². The summed E-state index contributed by atoms with van der Waals surface area (Å²) in [5.74, 6) is 0.921. The second kappa shape index (κ2) is 13.5. The van der Waals surface area contributed by atoms with E-state index in [-0.39, 0.29) is 11.0 Å². The Balaban J connectivity index is 1.47. The van der Waals surface area contributed by atoms with Gasteiger partial charge in [-0.25, -0.2) is 19.7 Å². The van der Waals surface area contributed by atoms with Gasteiger partial charge < -0.3 is 9.97 Å². The molecule has 0 aliphatic heterocycles. The standard InChI is InChI=1S/C24H22N4O12S4/c1-33-37-39-41-19-9-15-16(10-20(19)42-40-38-34-2)26-23(25-15)13-5-7-14(8-6-13)24-27-17-11-21(43(29,30)35-3)22(12-18(17)28-24)44(31,32)36-4/h5-12H,1-4H3,(H,25,26)(H,27,28). The smallest absolute Gasteiger partial charge is 0.298 e. The van der Waals surface area contributed by atoms with Crippen LogP contribution in [0.3, 0.4) is 0 Å². The summed E-state index contributed by atoms with van der Waals surface area (Å²) in [7, 11) is -4.34. The molecule has 5 aromatic rings. The molecule has 0 fully saturated rings. The highest BCUT2D eigenvalue weighted by Crippen LogP contribution is 2.36. The fourth-order valence-corrected chi connectivity index (χ4v) is 7.18. The van der Waals surface area contributed by atoms with Crippen LogP contribution in [0.5, 0.6) is 0 Å². The third-order valence-corrected chi connectivity index (χ3v) is 10.1. The number of fused-ring (bicyclic) bond motifs is 2. The first kappa shape index (κ1) is 32.3. The van der Waals surface area contributed by atoms with Crippen LogP contribution in [0.2, 0.25) is 0 Å². The van der Waals surface area contributed by atoms with Gasteiger partial charge in [0.1, 0.15) is 21.4 Å². The van der Waals surface area contributed by atoms with Gasteiger partial charge >= 0.3 is 0 Å². The van der Waals surface area contributed by atoms with Gasteiger partial charge in [-0.1, -0.05) is 34.3 Å². The van der Waals surface area contributed by atoms with Crippen molar-refractivity contribution in [2.75, 3.05) is 28.4 Å². The zero-order chi connectivity index (χ0) is 31.5. The van der Waals surface area contributed by atoms with Gasteiger partial charge in [0.25, 0.3) is 20.2 Å². The van der Waals surface area contributed by atoms with Crippen LogP contribution >= 0.6 is 24.1 Å². The van der Waals surface area contributed by atoms with Crippen molar-refractivity contribution in [3.05, 3.63) is 48.5 Å². The molecule has 3 aromatic carbocycles. The molecule has 20 heteroatoms. The van der Waals surface area contributed by atoms with E-state index in [1.165, 1.54) is 14.2 Å². The molecule has 0 aliphatic carbocycles. The van der Waals surface area contributed by atoms with Crippen molar-refractivity contribution in [3.8, 4) is 22.8 Å². The number of benzene rings is 3. The number of hydrogen-bond donors (Lipinski definition) is 2. The number of aromatic amines is 2. The number of hydrogen-bond acceptors (Lipinski definition) is 16. The van der Waals surface area contributed by atoms with Gasteiger partial charge in [-0.05, 0) is 24.3 Å². The van der Waals surface area contributed by atoms with Crippen molar-refractivity contribution in [3.63, 3.8) is 0 Å². The molecule has 0 bridgehead atoms. The predicted octanol–water partition coefficient (Wildman–Crippen LogP) is 4.48. The minimum atomic E-state index is -4.40. The van der Waals surface area contributed by atoms with E-state index in [0.717, 1.165) is 56.0 Å². The quantitative estimate of drug-likeness (QED) is 0.0544. The van der Waals surface area contributed by atoms with Crippen LogP contribution < -0.4 is 0 Å². The first-order valence-corrected chi connectivity index (χ1v) is 16.3. The van der Waals surface area contributed by atoms with E-state index in [2.05, 4.69) is 48.2 Å². The number of nitrogens with zero attached hydrogens (tertiary/aromatic N) is 2. The average molecular weight is 687 g/mol. The number of rotatable bonds is 14. The topological polar surface area (TPSA) is 199 Å². The normalized spacial score (nSPS) is 12.5. The first-order chi connectivity index (χ1) is 21.1. The van der Waals surface area contributed by atoms with Gasteiger partial charge in [0, 0.05) is 11.1 Å². The summed E-state index contributed by atoms with van der Waals surface area (Å²) < 4.78 is 68.8. The van der Waals surface area contributed by atoms with Crippen molar-refractivity contribution in [2.24, 2.45) is 0 Å². The van der Waals surface area contributed by atoms with E-state index < -0.39 is 30.0 Å². The van der Waals surface area contributed by atoms with Crippen molar-refractivity contribution in [1.29, 1.82) is 0 Å². The maximum absolute atomic E-state index is 12.5. The van der Waals surface area contributed by atoms with Gasteiger partial charge in [0.15, 0.2) is 0 Å². The molecule has 0 atom stereocenters. The van der Waals surface area contributed by atoms with Gasteiger partial charge in [0.05, 0.1) is 84.4 Å². The van der Waals surface area contributed by atoms with Crippen LogP contribution in [0.4, 0.5) is 0 Å². The SMILES string of the molecule is COOOSc1cc2nc(-c3ccc(-c4nc5cc(S(=O)(=O)OC)c(S(=O)(=O)OC)cc5[nH]4)cc3)[nH]c2cc1SOOOC. The van der Waals surface area contributed by atoms with E-state index >= 15 is 0 Å². The Kier molecular flexibility index (Phi) is 9.89. The molecule has 5 rings (SSSR count). The van der Waals surface area contributed by atoms with Crippen molar-refractivity contribution in [2.45, 2.75) is 19.6 Å². The van der Waals surface area contributed by atoms with Crippen LogP contribution in [-0.2, 0) is 57.1 Å². The Morgan fingerprint density at radius 2 is 1.05 bits per heavy atom. The van der Waals surface area contributed by atoms with Crippen molar-refractivity contribution >= 4 is 66.4 Å². The molecule has 16 nitrogen and oxygen atoms in total. The lowest BCUT2D eigenvalue weighted by Crippen LogP contribution is -2.12. The van der Waals surface area contributed by atoms with Crippen molar-refractivity contribution < 1.29 is 53.7 Å². The molecule has 2 aromatic heterocycles. The van der Waals surface area contributed by atoms with Crippen LogP contribution in [0, 0.1) is 0 Å². The third kappa shape index (κ3) is 6.75. The molecule has 2 N–H and O–H groups in total. The van der Waals surface area contributed by atoms with Gasteiger partial charge in [-0.15, -0.1) is 8.67 Å². The van der Waals surface area contributed by atoms with Crippen molar-refractivity contribution in [1.82, 2.24) is 19.9 Å². The minimum absolute atomic E-state index is 0.203. The van der Waals surface area contributed by atoms with Gasteiger partial charge in [0.2, 0.25) is 0 Å². The maximum Gasteiger partial charge on any atom is 0.298 e. The fourth-order valence-electron chi connectivity index (χ4n) is 3.95. The Bertz CT molecular complexity index is 1890. The lowest BCUT2D eigenvalue weighted by Gasteiger charge is -2.08. The van der Waals surface area contributed by atoms with Crippen LogP contribution in [-0.4, -0.2) is 65.2 Å². The average Bonchev–Trinajstić information content (AvgIpc) is 3.64. The molecule has 0 radical (unpaired) electrons. The number of nitrogens with one attached hydrogen (secondary N) is 2. The molecule has 0 aliphatic rings. The molecular formula is C24H22N4O12S4. The molecule has 234 valence electrons. The second-order valence-corrected chi connectivity index (χ2v) is 13.2. The maximum atomic E-state index is 12.5. The number of H-pyrrole nitrogens is 2. The Labute approximate surface area is 258 Å². The van der Waals surface area contributed by atoms with Gasteiger partial charge in [-0.3, -0.25) is 8.37 Å². The zero-order valence-corrected chi connectivity index (χ0v) is 26.3. The van der Waals surface area contributed by atoms with E-state index in [9.17, 15) is 16.8 Å². The van der Waals surface area contributed by atoms with E-state index in [0.29, 0.717) is 38.0 Å². The number of aromatic nitrogens is 4. The van der Waals surface area contributed by atoms with E-state index in [4.69, 9.17) is 8.67 Å². The molecule has 0 saturated carbocycles. The molecule has 0 amide bonds. The summed E-state index contributed by atoms with van der Waals surface area (Å²) in [6.45, 7) is 0. The minimum Gasteiger partial charge on any atom is -0.338 e. The van der Waals surface area contributed by atoms with Gasteiger partial charge in [-0.2, -0.15) is 16.8 Å². The summed E-state index contributed by atoms with van der Waals surface area (Å²) in [5.41, 5.74) is 3.15. The summed E-state index contributed by atoms with van der Waals surface area (Å²) in [5, 5.41) is 8.96. The highest BCUT2D eigenvalue weighted by atomic mass is 32.2. The van der Waals surface area contributed by atoms with E-state index in [1.54, 1.807) is 36.4 Å². The largest absolute Gasteiger partial charge is 0.338 e. The van der Waals surface area contributed by atoms with Crippen LogP contribution in [0.1, 0.15) is 0 Å². The first-order valence-electron chi connectivity index (χ1n) is 12.0. The fraction of sp³-hybridized carbons (Fsp3) is 0.167. The molecule has 0 unspecified atom stereocenters. The Morgan fingerprint density at radius 1 is 0.614 bits per heavy atom. The Morgan fingerprint density at radius 3 is 1.52 bits per heavy atom. The molecule has 0 saturated heterocycles. The number of imidazole rings is 2. The summed E-state index contributed by atoms with van der Waals surface area (Å²) in [6, 6.07) is 12.9. The van der Waals surface area contributed by atoms with E-state index in [1.807, 2.05) is 0 Å². The second-order valence-electron chi connectivity index (χ2n) is 8.39. The summed E-state index contributed by atoms with van der Waals surface area (Å²) in [6.07, 6.45) is 0. The lowest BCUT2D eigenvalue weighted by molar-refractivity contribution is -0.447. The lowest BCUT2D eigenvalue weighted by atomic mass is 10.1.